The first-order valence-electron chi connectivity index (χ1n) is 29.3. The fraction of sp³-hybridized carbons (Fsp3) is 0.931. The molecule has 0 heterocycles. The summed E-state index contributed by atoms with van der Waals surface area (Å²) in [5, 5.41) is 3.26. The molecule has 0 saturated heterocycles. The second-order valence-corrected chi connectivity index (χ2v) is 20.2. The van der Waals surface area contributed by atoms with Gasteiger partial charge in [-0.2, -0.15) is 0 Å². The Hall–Kier alpha value is -2.16. The SMILES string of the molecule is CCCCCCCCNC(=O)C(CCCCCCCC(=O)OCC(CCCC)CCCCCC)N(CCCN(CC)CC)C(=O)CCCCCCCC(=O)OCC(CCCC)CCCCCC. The van der Waals surface area contributed by atoms with E-state index < -0.39 is 6.04 Å². The van der Waals surface area contributed by atoms with Gasteiger partial charge in [-0.3, -0.25) is 19.2 Å². The third kappa shape index (κ3) is 39.3. The van der Waals surface area contributed by atoms with Crippen molar-refractivity contribution < 1.29 is 28.7 Å². The smallest absolute Gasteiger partial charge is 0.305 e. The molecular formula is C58H113N3O6. The fourth-order valence-electron chi connectivity index (χ4n) is 9.37. The molecule has 67 heavy (non-hydrogen) atoms. The number of unbranched alkanes of at least 4 members (excludes halogenated alkanes) is 21. The Kier molecular flexibility index (Phi) is 47.3. The van der Waals surface area contributed by atoms with Crippen molar-refractivity contribution in [1.82, 2.24) is 15.1 Å². The van der Waals surface area contributed by atoms with Crippen molar-refractivity contribution in [3.8, 4) is 0 Å². The van der Waals surface area contributed by atoms with Crippen molar-refractivity contribution in [2.24, 2.45) is 11.8 Å². The van der Waals surface area contributed by atoms with Gasteiger partial charge >= 0.3 is 11.9 Å². The van der Waals surface area contributed by atoms with Crippen LogP contribution in [0.2, 0.25) is 0 Å². The minimum Gasteiger partial charge on any atom is -0.465 e. The molecule has 396 valence electrons. The molecule has 3 atom stereocenters. The van der Waals surface area contributed by atoms with Crippen LogP contribution in [0.5, 0.6) is 0 Å². The Morgan fingerprint density at radius 3 is 1.27 bits per heavy atom. The van der Waals surface area contributed by atoms with Crippen molar-refractivity contribution >= 4 is 23.8 Å². The predicted octanol–water partition coefficient (Wildman–Crippen LogP) is 15.5. The lowest BCUT2D eigenvalue weighted by molar-refractivity contribution is -0.146. The number of amides is 2. The van der Waals surface area contributed by atoms with Gasteiger partial charge in [0.1, 0.15) is 6.04 Å². The molecule has 9 nitrogen and oxygen atoms in total. The first kappa shape index (κ1) is 64.8. The van der Waals surface area contributed by atoms with Gasteiger partial charge in [0.2, 0.25) is 11.8 Å². The highest BCUT2D eigenvalue weighted by atomic mass is 16.5. The standard InChI is InChI=1S/C58H113N3O6/c1-8-15-20-23-30-37-47-59-58(65)54(43-33-26-24-28-35-45-56(63)66-50-52(39-18-11-4)41-31-21-16-9-2)61(49-38-48-60(13-6)14-7)55(62)44-34-27-25-29-36-46-57(64)67-51-53(40-19-12-5)42-32-22-17-10-3/h52-54H,8-51H2,1-7H3,(H,59,65). The van der Waals surface area contributed by atoms with E-state index in [0.717, 1.165) is 129 Å². The maximum Gasteiger partial charge on any atom is 0.305 e. The molecule has 0 rings (SSSR count). The first-order valence-corrected chi connectivity index (χ1v) is 29.3. The molecule has 0 fully saturated rings. The average molecular weight is 949 g/mol. The predicted molar refractivity (Wildman–Crippen MR) is 284 cm³/mol. The Bertz CT molecular complexity index is 1130. The highest BCUT2D eigenvalue weighted by Gasteiger charge is 2.29. The van der Waals surface area contributed by atoms with E-state index in [4.69, 9.17) is 9.47 Å². The molecular weight excluding hydrogens is 835 g/mol. The molecule has 0 aliphatic rings. The van der Waals surface area contributed by atoms with E-state index in [2.05, 4.69) is 58.7 Å². The summed E-state index contributed by atoms with van der Waals surface area (Å²) in [5.74, 6) is 0.920. The third-order valence-electron chi connectivity index (χ3n) is 14.1. The number of nitrogens with one attached hydrogen (secondary N) is 1. The summed E-state index contributed by atoms with van der Waals surface area (Å²) in [5.41, 5.74) is 0. The first-order chi connectivity index (χ1) is 32.7. The number of hydrogen-bond acceptors (Lipinski definition) is 7. The maximum absolute atomic E-state index is 14.1. The van der Waals surface area contributed by atoms with Crippen LogP contribution in [0.1, 0.15) is 286 Å². The second kappa shape index (κ2) is 48.8. The van der Waals surface area contributed by atoms with Gasteiger partial charge in [0, 0.05) is 32.4 Å². The average Bonchev–Trinajstić information content (AvgIpc) is 3.33. The van der Waals surface area contributed by atoms with Crippen LogP contribution in [0.4, 0.5) is 0 Å². The normalized spacial score (nSPS) is 12.8. The lowest BCUT2D eigenvalue weighted by Gasteiger charge is -2.32. The van der Waals surface area contributed by atoms with Crippen molar-refractivity contribution in [1.29, 1.82) is 0 Å². The quantitative estimate of drug-likeness (QED) is 0.0478. The summed E-state index contributed by atoms with van der Waals surface area (Å²) < 4.78 is 11.5. The van der Waals surface area contributed by atoms with E-state index in [-0.39, 0.29) is 23.8 Å². The van der Waals surface area contributed by atoms with Gasteiger partial charge in [0.05, 0.1) is 13.2 Å². The zero-order valence-electron chi connectivity index (χ0n) is 45.7. The number of hydrogen-bond donors (Lipinski definition) is 1. The van der Waals surface area contributed by atoms with Gasteiger partial charge in [-0.25, -0.2) is 0 Å². The summed E-state index contributed by atoms with van der Waals surface area (Å²) in [4.78, 5) is 57.8. The van der Waals surface area contributed by atoms with E-state index in [1.807, 2.05) is 4.90 Å². The molecule has 1 N–H and O–H groups in total. The van der Waals surface area contributed by atoms with Crippen molar-refractivity contribution in [3.63, 3.8) is 0 Å². The zero-order chi connectivity index (χ0) is 49.4. The minimum absolute atomic E-state index is 0.00448. The maximum atomic E-state index is 14.1. The van der Waals surface area contributed by atoms with Crippen LogP contribution >= 0.6 is 0 Å². The van der Waals surface area contributed by atoms with Crippen LogP contribution in [0.25, 0.3) is 0 Å². The molecule has 3 unspecified atom stereocenters. The van der Waals surface area contributed by atoms with E-state index in [1.54, 1.807) is 0 Å². The molecule has 0 spiro atoms. The van der Waals surface area contributed by atoms with E-state index in [1.165, 1.54) is 103 Å². The van der Waals surface area contributed by atoms with Gasteiger partial charge in [0.25, 0.3) is 0 Å². The lowest BCUT2D eigenvalue weighted by Crippen LogP contribution is -2.50. The van der Waals surface area contributed by atoms with E-state index in [0.29, 0.717) is 63.8 Å². The van der Waals surface area contributed by atoms with Crippen molar-refractivity contribution in [2.75, 3.05) is 45.9 Å². The van der Waals surface area contributed by atoms with E-state index in [9.17, 15) is 19.2 Å². The Morgan fingerprint density at radius 2 is 0.791 bits per heavy atom. The topological polar surface area (TPSA) is 105 Å². The summed E-state index contributed by atoms with van der Waals surface area (Å²) >= 11 is 0. The molecule has 0 aromatic carbocycles. The van der Waals surface area contributed by atoms with Gasteiger partial charge in [-0.15, -0.1) is 0 Å². The molecule has 0 aromatic rings. The Labute approximate surface area is 415 Å². The zero-order valence-corrected chi connectivity index (χ0v) is 45.7. The lowest BCUT2D eigenvalue weighted by atomic mass is 9.96. The van der Waals surface area contributed by atoms with Crippen LogP contribution in [-0.4, -0.2) is 85.5 Å². The number of esters is 2. The number of ether oxygens (including phenoxy) is 2. The second-order valence-electron chi connectivity index (χ2n) is 20.2. The largest absolute Gasteiger partial charge is 0.465 e. The van der Waals surface area contributed by atoms with Gasteiger partial charge < -0.3 is 24.6 Å². The number of nitrogens with zero attached hydrogens (tertiary/aromatic N) is 2. The summed E-state index contributed by atoms with van der Waals surface area (Å²) in [6, 6.07) is -0.467. The van der Waals surface area contributed by atoms with Crippen LogP contribution in [0.3, 0.4) is 0 Å². The highest BCUT2D eigenvalue weighted by Crippen LogP contribution is 2.21. The molecule has 2 amide bonds. The summed E-state index contributed by atoms with van der Waals surface area (Å²) in [6.45, 7) is 20.7. The molecule has 0 aromatic heterocycles. The van der Waals surface area contributed by atoms with Crippen LogP contribution < -0.4 is 5.32 Å². The monoisotopic (exact) mass is 948 g/mol. The number of carbonyl (C=O) groups excluding carboxylic acids is 4. The third-order valence-corrected chi connectivity index (χ3v) is 14.1. The summed E-state index contributed by atoms with van der Waals surface area (Å²) in [6.07, 6.45) is 38.4. The number of carbonyl (C=O) groups is 4. The highest BCUT2D eigenvalue weighted by molar-refractivity contribution is 5.87. The van der Waals surface area contributed by atoms with Gasteiger partial charge in [-0.05, 0) is 95.7 Å². The molecule has 0 radical (unpaired) electrons. The summed E-state index contributed by atoms with van der Waals surface area (Å²) in [7, 11) is 0. The minimum atomic E-state index is -0.467. The number of rotatable bonds is 51. The molecule has 0 bridgehead atoms. The van der Waals surface area contributed by atoms with Crippen LogP contribution in [0, 0.1) is 11.8 Å². The fourth-order valence-corrected chi connectivity index (χ4v) is 9.37. The molecule has 9 heteroatoms. The van der Waals surface area contributed by atoms with Crippen molar-refractivity contribution in [3.05, 3.63) is 0 Å². The van der Waals surface area contributed by atoms with Gasteiger partial charge in [0.15, 0.2) is 0 Å². The molecule has 0 aliphatic heterocycles. The Balaban J connectivity index is 5.29. The molecule has 0 saturated carbocycles. The van der Waals surface area contributed by atoms with Gasteiger partial charge in [-0.1, -0.05) is 203 Å². The Morgan fingerprint density at radius 1 is 0.403 bits per heavy atom. The molecule has 0 aliphatic carbocycles. The van der Waals surface area contributed by atoms with Crippen LogP contribution in [0.15, 0.2) is 0 Å². The van der Waals surface area contributed by atoms with Crippen LogP contribution in [-0.2, 0) is 28.7 Å². The van der Waals surface area contributed by atoms with E-state index >= 15 is 0 Å². The van der Waals surface area contributed by atoms with Crippen molar-refractivity contribution in [2.45, 2.75) is 292 Å².